The van der Waals surface area contributed by atoms with Crippen molar-refractivity contribution in [2.75, 3.05) is 39.5 Å². The van der Waals surface area contributed by atoms with Crippen molar-refractivity contribution in [1.82, 2.24) is 5.32 Å². The van der Waals surface area contributed by atoms with E-state index in [1.54, 1.807) is 12.1 Å². The zero-order valence-corrected chi connectivity index (χ0v) is 11.5. The number of rotatable bonds is 10. The standard InChI is InChI=1S/C13H20ClNO4/c14-12-3-1-2-4-13(12)19-10-11(17)9-15-5-7-18-8-6-16/h1-4,11,15-17H,5-10H2/t11-/m1/s1. The number of aliphatic hydroxyl groups excluding tert-OH is 2. The molecule has 0 aliphatic heterocycles. The van der Waals surface area contributed by atoms with Crippen molar-refractivity contribution in [2.45, 2.75) is 6.10 Å². The molecule has 0 unspecified atom stereocenters. The van der Waals surface area contributed by atoms with E-state index in [1.807, 2.05) is 12.1 Å². The number of benzene rings is 1. The zero-order valence-electron chi connectivity index (χ0n) is 10.7. The predicted octanol–water partition coefficient (Wildman–Crippen LogP) is 0.678. The van der Waals surface area contributed by atoms with Crippen LogP contribution in [0.15, 0.2) is 24.3 Å². The fourth-order valence-electron chi connectivity index (χ4n) is 1.39. The van der Waals surface area contributed by atoms with E-state index in [4.69, 9.17) is 26.2 Å². The van der Waals surface area contributed by atoms with Crippen LogP contribution in [0.1, 0.15) is 0 Å². The number of nitrogens with one attached hydrogen (secondary N) is 1. The first-order chi connectivity index (χ1) is 9.24. The molecule has 19 heavy (non-hydrogen) atoms. The number of hydrogen-bond donors (Lipinski definition) is 3. The highest BCUT2D eigenvalue weighted by molar-refractivity contribution is 6.32. The van der Waals surface area contributed by atoms with Gasteiger partial charge in [-0.2, -0.15) is 0 Å². The summed E-state index contributed by atoms with van der Waals surface area (Å²) in [5.41, 5.74) is 0. The van der Waals surface area contributed by atoms with Gasteiger partial charge >= 0.3 is 0 Å². The molecule has 0 heterocycles. The SMILES string of the molecule is OCCOCCNC[C@@H](O)COc1ccccc1Cl. The highest BCUT2D eigenvalue weighted by Gasteiger charge is 2.06. The van der Waals surface area contributed by atoms with Gasteiger partial charge in [0, 0.05) is 13.1 Å². The topological polar surface area (TPSA) is 71.0 Å². The molecule has 108 valence electrons. The van der Waals surface area contributed by atoms with Gasteiger partial charge in [0.25, 0.3) is 0 Å². The Kier molecular flexibility index (Phi) is 8.53. The maximum absolute atomic E-state index is 9.69. The molecule has 0 aromatic heterocycles. The molecule has 1 aromatic rings. The van der Waals surface area contributed by atoms with E-state index in [1.165, 1.54) is 0 Å². The summed E-state index contributed by atoms with van der Waals surface area (Å²) < 4.78 is 10.5. The number of ether oxygens (including phenoxy) is 2. The Morgan fingerprint density at radius 3 is 2.79 bits per heavy atom. The van der Waals surface area contributed by atoms with Gasteiger partial charge in [0.2, 0.25) is 0 Å². The Morgan fingerprint density at radius 2 is 2.05 bits per heavy atom. The normalized spacial score (nSPS) is 12.4. The number of para-hydroxylation sites is 1. The Morgan fingerprint density at radius 1 is 1.26 bits per heavy atom. The van der Waals surface area contributed by atoms with Crippen molar-refractivity contribution < 1.29 is 19.7 Å². The van der Waals surface area contributed by atoms with Crippen molar-refractivity contribution in [2.24, 2.45) is 0 Å². The summed E-state index contributed by atoms with van der Waals surface area (Å²) in [7, 11) is 0. The van der Waals surface area contributed by atoms with Crippen LogP contribution in [0.3, 0.4) is 0 Å². The second-order valence-electron chi connectivity index (χ2n) is 3.94. The molecule has 0 bridgehead atoms. The van der Waals surface area contributed by atoms with Crippen molar-refractivity contribution in [3.8, 4) is 5.75 Å². The average molecular weight is 290 g/mol. The van der Waals surface area contributed by atoms with Crippen LogP contribution in [0.4, 0.5) is 0 Å². The minimum absolute atomic E-state index is 0.0221. The first-order valence-corrected chi connectivity index (χ1v) is 6.56. The minimum atomic E-state index is -0.617. The molecule has 5 nitrogen and oxygen atoms in total. The fraction of sp³-hybridized carbons (Fsp3) is 0.538. The lowest BCUT2D eigenvalue weighted by atomic mass is 10.3. The first kappa shape index (κ1) is 16.2. The van der Waals surface area contributed by atoms with Gasteiger partial charge in [-0.05, 0) is 12.1 Å². The molecule has 1 atom stereocenters. The average Bonchev–Trinajstić information content (AvgIpc) is 2.42. The summed E-state index contributed by atoms with van der Waals surface area (Å²) in [6, 6.07) is 7.13. The van der Waals surface area contributed by atoms with Gasteiger partial charge in [-0.3, -0.25) is 0 Å². The van der Waals surface area contributed by atoms with Crippen molar-refractivity contribution in [3.63, 3.8) is 0 Å². The first-order valence-electron chi connectivity index (χ1n) is 6.18. The minimum Gasteiger partial charge on any atom is -0.489 e. The molecule has 0 amide bonds. The van der Waals surface area contributed by atoms with Gasteiger partial charge in [-0.1, -0.05) is 23.7 Å². The second-order valence-corrected chi connectivity index (χ2v) is 4.34. The highest BCUT2D eigenvalue weighted by atomic mass is 35.5. The second kappa shape index (κ2) is 10.00. The van der Waals surface area contributed by atoms with Crippen molar-refractivity contribution in [3.05, 3.63) is 29.3 Å². The summed E-state index contributed by atoms with van der Waals surface area (Å²) in [5, 5.41) is 21.7. The molecule has 0 saturated carbocycles. The van der Waals surface area contributed by atoms with E-state index in [9.17, 15) is 5.11 Å². The fourth-order valence-corrected chi connectivity index (χ4v) is 1.58. The molecular formula is C13H20ClNO4. The third-order valence-corrected chi connectivity index (χ3v) is 2.62. The predicted molar refractivity (Wildman–Crippen MR) is 73.7 cm³/mol. The lowest BCUT2D eigenvalue weighted by Crippen LogP contribution is -2.33. The molecular weight excluding hydrogens is 270 g/mol. The summed E-state index contributed by atoms with van der Waals surface area (Å²) in [5.74, 6) is 0.564. The van der Waals surface area contributed by atoms with Crippen LogP contribution in [0, 0.1) is 0 Å². The van der Waals surface area contributed by atoms with Crippen LogP contribution >= 0.6 is 11.6 Å². The Bertz CT molecular complexity index is 351. The van der Waals surface area contributed by atoms with E-state index in [2.05, 4.69) is 5.32 Å². The van der Waals surface area contributed by atoms with Gasteiger partial charge in [-0.25, -0.2) is 0 Å². The maximum atomic E-state index is 9.69. The largest absolute Gasteiger partial charge is 0.489 e. The zero-order chi connectivity index (χ0) is 13.9. The van der Waals surface area contributed by atoms with Crippen LogP contribution in [0.25, 0.3) is 0 Å². The molecule has 6 heteroatoms. The third kappa shape index (κ3) is 7.34. The molecule has 3 N–H and O–H groups in total. The lowest BCUT2D eigenvalue weighted by molar-refractivity contribution is 0.0842. The van der Waals surface area contributed by atoms with E-state index < -0.39 is 6.10 Å². The number of hydrogen-bond acceptors (Lipinski definition) is 5. The van der Waals surface area contributed by atoms with Gasteiger partial charge in [0.15, 0.2) is 0 Å². The molecule has 0 fully saturated rings. The maximum Gasteiger partial charge on any atom is 0.138 e. The van der Waals surface area contributed by atoms with E-state index in [0.717, 1.165) is 0 Å². The molecule has 0 spiro atoms. The van der Waals surface area contributed by atoms with E-state index >= 15 is 0 Å². The molecule has 1 aromatic carbocycles. The number of aliphatic hydroxyl groups is 2. The van der Waals surface area contributed by atoms with Crippen molar-refractivity contribution >= 4 is 11.6 Å². The van der Waals surface area contributed by atoms with Crippen molar-refractivity contribution in [1.29, 1.82) is 0 Å². The quantitative estimate of drug-likeness (QED) is 0.553. The van der Waals surface area contributed by atoms with E-state index in [0.29, 0.717) is 37.1 Å². The van der Waals surface area contributed by atoms with Gasteiger partial charge < -0.3 is 25.0 Å². The van der Waals surface area contributed by atoms with Crippen LogP contribution in [0.5, 0.6) is 5.75 Å². The summed E-state index contributed by atoms with van der Waals surface area (Å²) in [4.78, 5) is 0. The van der Waals surface area contributed by atoms with Gasteiger partial charge in [0.1, 0.15) is 18.5 Å². The highest BCUT2D eigenvalue weighted by Crippen LogP contribution is 2.22. The Labute approximate surface area is 118 Å². The van der Waals surface area contributed by atoms with Gasteiger partial charge in [0.05, 0.1) is 24.8 Å². The van der Waals surface area contributed by atoms with Crippen LogP contribution in [0.2, 0.25) is 5.02 Å². The molecule has 0 saturated heterocycles. The monoisotopic (exact) mass is 289 g/mol. The van der Waals surface area contributed by atoms with Crippen LogP contribution in [-0.2, 0) is 4.74 Å². The van der Waals surface area contributed by atoms with Crippen LogP contribution in [-0.4, -0.2) is 55.8 Å². The lowest BCUT2D eigenvalue weighted by Gasteiger charge is -2.14. The molecule has 0 aliphatic carbocycles. The van der Waals surface area contributed by atoms with E-state index in [-0.39, 0.29) is 13.2 Å². The Hall–Kier alpha value is -0.850. The smallest absolute Gasteiger partial charge is 0.138 e. The summed E-state index contributed by atoms with van der Waals surface area (Å²) >= 11 is 5.92. The Balaban J connectivity index is 2.08. The third-order valence-electron chi connectivity index (χ3n) is 2.31. The summed E-state index contributed by atoms with van der Waals surface area (Å²) in [6.07, 6.45) is -0.617. The summed E-state index contributed by atoms with van der Waals surface area (Å²) in [6.45, 7) is 2.05. The molecule has 1 rings (SSSR count). The van der Waals surface area contributed by atoms with Crippen LogP contribution < -0.4 is 10.1 Å². The van der Waals surface area contributed by atoms with Gasteiger partial charge in [-0.15, -0.1) is 0 Å². The molecule has 0 radical (unpaired) electrons. The molecule has 0 aliphatic rings. The number of halogens is 1.